The molecule has 0 aromatic carbocycles. The van der Waals surface area contributed by atoms with Crippen LogP contribution in [0.3, 0.4) is 0 Å². The molecule has 0 spiro atoms. The second-order valence-corrected chi connectivity index (χ2v) is 2.51. The predicted molar refractivity (Wildman–Crippen MR) is 51.7 cm³/mol. The predicted octanol–water partition coefficient (Wildman–Crippen LogP) is 1.26. The van der Waals surface area contributed by atoms with Crippen LogP contribution in [0.25, 0.3) is 0 Å². The summed E-state index contributed by atoms with van der Waals surface area (Å²) in [6.45, 7) is 7.34. The first-order valence-corrected chi connectivity index (χ1v) is 5.12. The lowest BCUT2D eigenvalue weighted by molar-refractivity contribution is -0.390. The average molecular weight is 224 g/mol. The molecule has 0 amide bonds. The van der Waals surface area contributed by atoms with Gasteiger partial charge in [0.25, 0.3) is 0 Å². The molecular weight excluding hydrogens is 204 g/mol. The Morgan fingerprint density at radius 3 is 1.53 bits per heavy atom. The van der Waals surface area contributed by atoms with Gasteiger partial charge in [-0.25, -0.2) is 29.3 Å². The molecule has 0 unspecified atom stereocenters. The molecule has 0 saturated heterocycles. The molecule has 6 heteroatoms. The van der Waals surface area contributed by atoms with Crippen molar-refractivity contribution in [2.45, 2.75) is 26.9 Å². The van der Waals surface area contributed by atoms with Gasteiger partial charge in [0.2, 0.25) is 0 Å². The summed E-state index contributed by atoms with van der Waals surface area (Å²) < 4.78 is 0. The lowest BCUT2D eigenvalue weighted by atomic mass is 10.4. The fourth-order valence-electron chi connectivity index (χ4n) is 0.683. The number of hydrogen-bond donors (Lipinski definition) is 0. The lowest BCUT2D eigenvalue weighted by Crippen LogP contribution is -2.26. The van der Waals surface area contributed by atoms with Crippen LogP contribution >= 0.6 is 0 Å². The van der Waals surface area contributed by atoms with Crippen LogP contribution in [0, 0.1) is 0 Å². The van der Waals surface area contributed by atoms with Crippen molar-refractivity contribution in [1.82, 2.24) is 0 Å². The quantitative estimate of drug-likeness (QED) is 0.299. The molecule has 0 atom stereocenters. The van der Waals surface area contributed by atoms with Gasteiger partial charge in [0.15, 0.2) is 0 Å². The van der Waals surface area contributed by atoms with E-state index in [1.165, 1.54) is 0 Å². The minimum atomic E-state index is -0.372. The van der Waals surface area contributed by atoms with E-state index in [1.54, 1.807) is 0 Å². The van der Waals surface area contributed by atoms with E-state index in [9.17, 15) is 0 Å². The number of rotatable bonds is 11. The fraction of sp³-hybridized carbons (Fsp3) is 1.00. The van der Waals surface area contributed by atoms with Gasteiger partial charge < -0.3 is 0 Å². The van der Waals surface area contributed by atoms with Crippen molar-refractivity contribution in [2.75, 3.05) is 33.0 Å². The molecule has 0 aromatic rings. The Morgan fingerprint density at radius 2 is 1.13 bits per heavy atom. The Labute approximate surface area is 90.1 Å². The summed E-state index contributed by atoms with van der Waals surface area (Å²) in [6, 6.07) is 0. The maximum Gasteiger partial charge on any atom is 0.146 e. The van der Waals surface area contributed by atoms with Crippen molar-refractivity contribution < 1.29 is 29.3 Å². The van der Waals surface area contributed by atoms with Gasteiger partial charge >= 0.3 is 0 Å². The molecule has 0 rings (SSSR count). The zero-order valence-corrected chi connectivity index (χ0v) is 9.56. The maximum atomic E-state index is 4.97. The summed E-state index contributed by atoms with van der Waals surface area (Å²) in [5.74, 6) is 0. The van der Waals surface area contributed by atoms with Crippen molar-refractivity contribution in [2.24, 2.45) is 0 Å². The van der Waals surface area contributed by atoms with E-state index in [0.717, 1.165) is 0 Å². The Hall–Kier alpha value is -0.240. The SMILES string of the molecule is CCOOCC(COOCC)OOCC. The molecule has 0 aliphatic heterocycles. The summed E-state index contributed by atoms with van der Waals surface area (Å²) in [6.07, 6.45) is -0.372. The molecule has 0 radical (unpaired) electrons. The molecule has 6 nitrogen and oxygen atoms in total. The normalized spacial score (nSPS) is 11.2. The first-order chi connectivity index (χ1) is 7.35. The van der Waals surface area contributed by atoms with Crippen molar-refractivity contribution in [3.8, 4) is 0 Å². The second kappa shape index (κ2) is 11.8. The molecule has 92 valence electrons. The van der Waals surface area contributed by atoms with E-state index >= 15 is 0 Å². The largest absolute Gasteiger partial charge is 0.237 e. The Morgan fingerprint density at radius 1 is 0.667 bits per heavy atom. The van der Waals surface area contributed by atoms with Gasteiger partial charge in [-0.2, -0.15) is 0 Å². The van der Waals surface area contributed by atoms with Gasteiger partial charge in [-0.05, 0) is 20.8 Å². The summed E-state index contributed by atoms with van der Waals surface area (Å²) in [5, 5.41) is 0. The van der Waals surface area contributed by atoms with Crippen molar-refractivity contribution >= 4 is 0 Å². The highest BCUT2D eigenvalue weighted by Crippen LogP contribution is 1.97. The van der Waals surface area contributed by atoms with Crippen molar-refractivity contribution in [3.05, 3.63) is 0 Å². The minimum Gasteiger partial charge on any atom is -0.237 e. The van der Waals surface area contributed by atoms with E-state index in [0.29, 0.717) is 19.8 Å². The third-order valence-corrected chi connectivity index (χ3v) is 1.23. The summed E-state index contributed by atoms with van der Waals surface area (Å²) >= 11 is 0. The molecular formula is C9H20O6. The van der Waals surface area contributed by atoms with Gasteiger partial charge in [-0.15, -0.1) is 0 Å². The van der Waals surface area contributed by atoms with Crippen LogP contribution in [0.15, 0.2) is 0 Å². The molecule has 0 bridgehead atoms. The molecule has 0 aliphatic rings. The molecule has 0 saturated carbocycles. The van der Waals surface area contributed by atoms with E-state index in [4.69, 9.17) is 29.3 Å². The van der Waals surface area contributed by atoms with E-state index in [-0.39, 0.29) is 19.3 Å². The average Bonchev–Trinajstić information content (AvgIpc) is 2.25. The number of hydrogen-bond acceptors (Lipinski definition) is 6. The first-order valence-electron chi connectivity index (χ1n) is 5.12. The third kappa shape index (κ3) is 10.1. The summed E-state index contributed by atoms with van der Waals surface area (Å²) in [7, 11) is 0. The Kier molecular flexibility index (Phi) is 11.6. The van der Waals surface area contributed by atoms with E-state index in [1.807, 2.05) is 20.8 Å². The second-order valence-electron chi connectivity index (χ2n) is 2.51. The molecule has 0 N–H and O–H groups in total. The van der Waals surface area contributed by atoms with Gasteiger partial charge in [-0.1, -0.05) is 0 Å². The van der Waals surface area contributed by atoms with Crippen LogP contribution < -0.4 is 0 Å². The minimum absolute atomic E-state index is 0.223. The molecule has 0 fully saturated rings. The van der Waals surface area contributed by atoms with E-state index in [2.05, 4.69) is 0 Å². The molecule has 0 aliphatic carbocycles. The van der Waals surface area contributed by atoms with Crippen LogP contribution in [0.2, 0.25) is 0 Å². The monoisotopic (exact) mass is 224 g/mol. The summed E-state index contributed by atoms with van der Waals surface area (Å²) in [4.78, 5) is 28.9. The van der Waals surface area contributed by atoms with Gasteiger partial charge in [0.05, 0.1) is 19.8 Å². The van der Waals surface area contributed by atoms with Gasteiger partial charge in [-0.3, -0.25) is 0 Å². The highest BCUT2D eigenvalue weighted by Gasteiger charge is 2.12. The molecule has 0 aromatic heterocycles. The van der Waals surface area contributed by atoms with E-state index < -0.39 is 0 Å². The lowest BCUT2D eigenvalue weighted by Gasteiger charge is -2.14. The van der Waals surface area contributed by atoms with Gasteiger partial charge in [0.1, 0.15) is 19.3 Å². The van der Waals surface area contributed by atoms with Crippen molar-refractivity contribution in [3.63, 3.8) is 0 Å². The summed E-state index contributed by atoms with van der Waals surface area (Å²) in [5.41, 5.74) is 0. The van der Waals surface area contributed by atoms with Gasteiger partial charge in [0, 0.05) is 0 Å². The fourth-order valence-corrected chi connectivity index (χ4v) is 0.683. The topological polar surface area (TPSA) is 55.4 Å². The smallest absolute Gasteiger partial charge is 0.146 e. The van der Waals surface area contributed by atoms with Crippen LogP contribution in [-0.4, -0.2) is 39.1 Å². The highest BCUT2D eigenvalue weighted by molar-refractivity contribution is 4.49. The van der Waals surface area contributed by atoms with Crippen LogP contribution in [-0.2, 0) is 29.3 Å². The Bertz CT molecular complexity index is 111. The standard InChI is InChI=1S/C9H20O6/c1-4-10-13-7-9(15-12-6-3)8-14-11-5-2/h9H,4-8H2,1-3H3. The Balaban J connectivity index is 3.53. The zero-order chi connectivity index (χ0) is 11.4. The van der Waals surface area contributed by atoms with Crippen LogP contribution in [0.5, 0.6) is 0 Å². The zero-order valence-electron chi connectivity index (χ0n) is 9.56. The highest BCUT2D eigenvalue weighted by atomic mass is 17.2. The van der Waals surface area contributed by atoms with Crippen molar-refractivity contribution in [1.29, 1.82) is 0 Å². The first kappa shape index (κ1) is 14.8. The third-order valence-electron chi connectivity index (χ3n) is 1.23. The maximum absolute atomic E-state index is 4.97. The van der Waals surface area contributed by atoms with Crippen LogP contribution in [0.4, 0.5) is 0 Å². The van der Waals surface area contributed by atoms with Crippen LogP contribution in [0.1, 0.15) is 20.8 Å². The molecule has 0 heterocycles. The molecule has 15 heavy (non-hydrogen) atoms.